The molecular weight excluding hydrogens is 250 g/mol. The summed E-state index contributed by atoms with van der Waals surface area (Å²) >= 11 is 0. The van der Waals surface area contributed by atoms with E-state index < -0.39 is 10.0 Å². The van der Waals surface area contributed by atoms with Crippen molar-refractivity contribution in [2.24, 2.45) is 0 Å². The van der Waals surface area contributed by atoms with Gasteiger partial charge in [-0.05, 0) is 45.0 Å². The van der Waals surface area contributed by atoms with Gasteiger partial charge in [0.15, 0.2) is 0 Å². The highest BCUT2D eigenvalue weighted by atomic mass is 32.2. The number of nitrogens with one attached hydrogen (secondary N) is 1. The second-order valence-corrected chi connectivity index (χ2v) is 6.50. The third-order valence-electron chi connectivity index (χ3n) is 3.44. The molecule has 1 aromatic rings. The van der Waals surface area contributed by atoms with E-state index in [-0.39, 0.29) is 4.90 Å². The predicted octanol–water partition coefficient (Wildman–Crippen LogP) is 1.17. The minimum Gasteiger partial charge on any atom is -0.397 e. The van der Waals surface area contributed by atoms with E-state index in [0.29, 0.717) is 11.7 Å². The van der Waals surface area contributed by atoms with Crippen LogP contribution in [0.15, 0.2) is 23.1 Å². The van der Waals surface area contributed by atoms with Gasteiger partial charge < -0.3 is 10.6 Å². The largest absolute Gasteiger partial charge is 0.397 e. The van der Waals surface area contributed by atoms with Gasteiger partial charge in [0.05, 0.1) is 16.3 Å². The standard InChI is InChI=1S/C12H19N3O2S/c1-9-4-3-7-15(9)12-8-10(5-6-11(12)13)18(16,17)14-2/h5-6,8-9,14H,3-4,7,13H2,1-2H3. The lowest BCUT2D eigenvalue weighted by Gasteiger charge is -2.25. The second-order valence-electron chi connectivity index (χ2n) is 4.61. The van der Waals surface area contributed by atoms with Crippen LogP contribution in [-0.2, 0) is 10.0 Å². The van der Waals surface area contributed by atoms with E-state index in [1.165, 1.54) is 13.1 Å². The normalized spacial score (nSPS) is 20.3. The molecule has 0 aliphatic carbocycles. The molecule has 6 heteroatoms. The third-order valence-corrected chi connectivity index (χ3v) is 4.86. The summed E-state index contributed by atoms with van der Waals surface area (Å²) in [5.41, 5.74) is 7.40. The molecule has 0 saturated carbocycles. The first-order chi connectivity index (χ1) is 8.45. The maximum Gasteiger partial charge on any atom is 0.240 e. The maximum atomic E-state index is 11.8. The van der Waals surface area contributed by atoms with Gasteiger partial charge in [0.25, 0.3) is 0 Å². The molecule has 1 unspecified atom stereocenters. The minimum absolute atomic E-state index is 0.258. The number of sulfonamides is 1. The number of nitrogens with two attached hydrogens (primary N) is 1. The zero-order valence-electron chi connectivity index (χ0n) is 10.7. The molecule has 0 bridgehead atoms. The first-order valence-electron chi connectivity index (χ1n) is 6.05. The first-order valence-corrected chi connectivity index (χ1v) is 7.54. The summed E-state index contributed by atoms with van der Waals surface area (Å²) in [6.07, 6.45) is 2.23. The summed E-state index contributed by atoms with van der Waals surface area (Å²) in [7, 11) is -2.01. The molecule has 1 aromatic carbocycles. The number of hydrogen-bond donors (Lipinski definition) is 2. The Bertz CT molecular complexity index is 542. The molecule has 3 N–H and O–H groups in total. The summed E-state index contributed by atoms with van der Waals surface area (Å²) in [6.45, 7) is 3.06. The smallest absolute Gasteiger partial charge is 0.240 e. The van der Waals surface area contributed by atoms with Crippen LogP contribution in [0.3, 0.4) is 0 Å². The SMILES string of the molecule is CNS(=O)(=O)c1ccc(N)c(N2CCCC2C)c1. The van der Waals surface area contributed by atoms with Crippen molar-refractivity contribution in [1.82, 2.24) is 4.72 Å². The zero-order valence-corrected chi connectivity index (χ0v) is 11.5. The second kappa shape index (κ2) is 4.78. The van der Waals surface area contributed by atoms with E-state index in [1.54, 1.807) is 12.1 Å². The number of hydrogen-bond acceptors (Lipinski definition) is 4. The Labute approximate surface area is 108 Å². The van der Waals surface area contributed by atoms with Crippen LogP contribution in [0.5, 0.6) is 0 Å². The molecule has 0 spiro atoms. The van der Waals surface area contributed by atoms with Crippen molar-refractivity contribution in [2.75, 3.05) is 24.2 Å². The quantitative estimate of drug-likeness (QED) is 0.808. The Balaban J connectivity index is 2.45. The van der Waals surface area contributed by atoms with Crippen molar-refractivity contribution < 1.29 is 8.42 Å². The van der Waals surface area contributed by atoms with E-state index in [1.807, 2.05) is 0 Å². The Morgan fingerprint density at radius 3 is 2.72 bits per heavy atom. The molecular formula is C12H19N3O2S. The van der Waals surface area contributed by atoms with Crippen molar-refractivity contribution in [3.8, 4) is 0 Å². The topological polar surface area (TPSA) is 75.4 Å². The molecule has 1 atom stereocenters. The van der Waals surface area contributed by atoms with E-state index in [0.717, 1.165) is 25.1 Å². The van der Waals surface area contributed by atoms with Gasteiger partial charge in [0, 0.05) is 12.6 Å². The van der Waals surface area contributed by atoms with E-state index in [2.05, 4.69) is 16.5 Å². The van der Waals surface area contributed by atoms with Crippen LogP contribution >= 0.6 is 0 Å². The number of nitrogen functional groups attached to an aromatic ring is 1. The number of nitrogens with zero attached hydrogens (tertiary/aromatic N) is 1. The molecule has 0 amide bonds. The average molecular weight is 269 g/mol. The number of rotatable bonds is 3. The lowest BCUT2D eigenvalue weighted by molar-refractivity contribution is 0.588. The van der Waals surface area contributed by atoms with Crippen molar-refractivity contribution in [2.45, 2.75) is 30.7 Å². The summed E-state index contributed by atoms with van der Waals surface area (Å²) in [5.74, 6) is 0. The summed E-state index contributed by atoms with van der Waals surface area (Å²) in [5, 5.41) is 0. The molecule has 1 saturated heterocycles. The minimum atomic E-state index is -3.42. The predicted molar refractivity (Wildman–Crippen MR) is 73.1 cm³/mol. The van der Waals surface area contributed by atoms with Crippen LogP contribution in [0.1, 0.15) is 19.8 Å². The molecule has 100 valence electrons. The molecule has 1 aliphatic heterocycles. The number of anilines is 2. The first kappa shape index (κ1) is 13.2. The molecule has 18 heavy (non-hydrogen) atoms. The molecule has 0 radical (unpaired) electrons. The molecule has 1 aliphatic rings. The molecule has 1 fully saturated rings. The average Bonchev–Trinajstić information content (AvgIpc) is 2.76. The Hall–Kier alpha value is -1.27. The highest BCUT2D eigenvalue weighted by Crippen LogP contribution is 2.32. The molecule has 1 heterocycles. The lowest BCUT2D eigenvalue weighted by Crippen LogP contribution is -2.27. The molecule has 2 rings (SSSR count). The fraction of sp³-hybridized carbons (Fsp3) is 0.500. The fourth-order valence-corrected chi connectivity index (χ4v) is 3.10. The summed E-state index contributed by atoms with van der Waals surface area (Å²) < 4.78 is 25.9. The van der Waals surface area contributed by atoms with Gasteiger partial charge in [-0.1, -0.05) is 0 Å². The Morgan fingerprint density at radius 1 is 1.44 bits per heavy atom. The monoisotopic (exact) mass is 269 g/mol. The van der Waals surface area contributed by atoms with E-state index in [4.69, 9.17) is 5.73 Å². The van der Waals surface area contributed by atoms with Gasteiger partial charge >= 0.3 is 0 Å². The van der Waals surface area contributed by atoms with Gasteiger partial charge in [0.1, 0.15) is 0 Å². The molecule has 0 aromatic heterocycles. The van der Waals surface area contributed by atoms with Gasteiger partial charge in [0.2, 0.25) is 10.0 Å². The van der Waals surface area contributed by atoms with Gasteiger partial charge in [-0.2, -0.15) is 0 Å². The summed E-state index contributed by atoms with van der Waals surface area (Å²) in [6, 6.07) is 5.25. The Morgan fingerprint density at radius 2 is 2.17 bits per heavy atom. The van der Waals surface area contributed by atoms with E-state index in [9.17, 15) is 8.42 Å². The third kappa shape index (κ3) is 2.30. The van der Waals surface area contributed by atoms with Crippen LogP contribution < -0.4 is 15.4 Å². The highest BCUT2D eigenvalue weighted by Gasteiger charge is 2.23. The van der Waals surface area contributed by atoms with Crippen LogP contribution in [0.4, 0.5) is 11.4 Å². The summed E-state index contributed by atoms with van der Waals surface area (Å²) in [4.78, 5) is 2.43. The van der Waals surface area contributed by atoms with Crippen molar-refractivity contribution in [3.05, 3.63) is 18.2 Å². The van der Waals surface area contributed by atoms with Crippen LogP contribution in [0.2, 0.25) is 0 Å². The number of benzene rings is 1. The van der Waals surface area contributed by atoms with Gasteiger partial charge in [-0.3, -0.25) is 0 Å². The highest BCUT2D eigenvalue weighted by molar-refractivity contribution is 7.89. The lowest BCUT2D eigenvalue weighted by atomic mass is 10.2. The fourth-order valence-electron chi connectivity index (χ4n) is 2.35. The maximum absolute atomic E-state index is 11.8. The van der Waals surface area contributed by atoms with Crippen molar-refractivity contribution in [1.29, 1.82) is 0 Å². The van der Waals surface area contributed by atoms with Crippen LogP contribution in [-0.4, -0.2) is 28.1 Å². The van der Waals surface area contributed by atoms with Gasteiger partial charge in [-0.15, -0.1) is 0 Å². The van der Waals surface area contributed by atoms with Crippen LogP contribution in [0, 0.1) is 0 Å². The molecule has 5 nitrogen and oxygen atoms in total. The zero-order chi connectivity index (χ0) is 13.3. The van der Waals surface area contributed by atoms with Gasteiger partial charge in [-0.25, -0.2) is 13.1 Å². The van der Waals surface area contributed by atoms with Crippen molar-refractivity contribution >= 4 is 21.4 Å². The van der Waals surface area contributed by atoms with Crippen LogP contribution in [0.25, 0.3) is 0 Å². The van der Waals surface area contributed by atoms with E-state index >= 15 is 0 Å². The Kier molecular flexibility index (Phi) is 3.49. The van der Waals surface area contributed by atoms with Crippen molar-refractivity contribution in [3.63, 3.8) is 0 Å².